The first kappa shape index (κ1) is 11.3. The van der Waals surface area contributed by atoms with E-state index in [0.29, 0.717) is 16.3 Å². The van der Waals surface area contributed by atoms with E-state index in [1.54, 1.807) is 13.1 Å². The van der Waals surface area contributed by atoms with E-state index in [1.807, 2.05) is 5.38 Å². The van der Waals surface area contributed by atoms with Gasteiger partial charge in [-0.05, 0) is 22.0 Å². The van der Waals surface area contributed by atoms with Gasteiger partial charge in [-0.3, -0.25) is 9.48 Å². The third kappa shape index (κ3) is 1.90. The number of ketones is 1. The fourth-order valence-corrected chi connectivity index (χ4v) is 2.74. The van der Waals surface area contributed by atoms with Crippen LogP contribution in [0, 0.1) is 0 Å². The Kier molecular flexibility index (Phi) is 3.11. The molecule has 0 fully saturated rings. The molecule has 0 spiro atoms. The summed E-state index contributed by atoms with van der Waals surface area (Å²) in [5, 5.41) is 5.88. The molecule has 0 N–H and O–H groups in total. The van der Waals surface area contributed by atoms with Crippen molar-refractivity contribution in [1.29, 1.82) is 0 Å². The molecule has 6 heteroatoms. The molecule has 84 valence electrons. The lowest BCUT2D eigenvalue weighted by molar-refractivity contribution is 0.103. The van der Waals surface area contributed by atoms with Crippen molar-refractivity contribution in [1.82, 2.24) is 9.78 Å². The van der Waals surface area contributed by atoms with E-state index in [1.165, 1.54) is 29.3 Å². The standard InChI is InChI=1S/C10H9BrN2O2S/c1-13-9(7(15-2)4-12-13)10(14)8-3-6(11)5-16-8/h3-5H,1-2H3. The molecular formula is C10H9BrN2O2S. The fourth-order valence-electron chi connectivity index (χ4n) is 1.37. The molecule has 0 bridgehead atoms. The van der Waals surface area contributed by atoms with Crippen molar-refractivity contribution in [2.24, 2.45) is 7.05 Å². The lowest BCUT2D eigenvalue weighted by Crippen LogP contribution is -2.08. The van der Waals surface area contributed by atoms with Gasteiger partial charge in [0.05, 0.1) is 18.2 Å². The van der Waals surface area contributed by atoms with Gasteiger partial charge < -0.3 is 4.74 Å². The number of hydrogen-bond donors (Lipinski definition) is 0. The number of aromatic nitrogens is 2. The van der Waals surface area contributed by atoms with Gasteiger partial charge in [0, 0.05) is 16.9 Å². The summed E-state index contributed by atoms with van der Waals surface area (Å²) in [4.78, 5) is 12.8. The van der Waals surface area contributed by atoms with Crippen molar-refractivity contribution < 1.29 is 9.53 Å². The van der Waals surface area contributed by atoms with Crippen LogP contribution in [0.25, 0.3) is 0 Å². The third-order valence-corrected chi connectivity index (χ3v) is 3.82. The molecule has 2 rings (SSSR count). The maximum Gasteiger partial charge on any atom is 0.224 e. The molecule has 0 aliphatic rings. The van der Waals surface area contributed by atoms with Crippen molar-refractivity contribution in [3.8, 4) is 5.75 Å². The molecule has 0 saturated carbocycles. The van der Waals surface area contributed by atoms with Crippen LogP contribution < -0.4 is 4.74 Å². The third-order valence-electron chi connectivity index (χ3n) is 2.13. The number of halogens is 1. The minimum absolute atomic E-state index is 0.0763. The second-order valence-corrected chi connectivity index (χ2v) is 4.97. The van der Waals surface area contributed by atoms with Gasteiger partial charge in [-0.1, -0.05) is 0 Å². The van der Waals surface area contributed by atoms with Crippen LogP contribution in [-0.2, 0) is 7.05 Å². The Hall–Kier alpha value is -1.14. The number of hydrogen-bond acceptors (Lipinski definition) is 4. The first-order valence-electron chi connectivity index (χ1n) is 4.48. The number of nitrogens with zero attached hydrogens (tertiary/aromatic N) is 2. The molecule has 0 unspecified atom stereocenters. The first-order valence-corrected chi connectivity index (χ1v) is 6.15. The average Bonchev–Trinajstić information content (AvgIpc) is 2.83. The molecule has 0 aliphatic heterocycles. The Labute approximate surface area is 105 Å². The molecule has 0 amide bonds. The predicted octanol–water partition coefficient (Wildman–Crippen LogP) is 2.48. The van der Waals surface area contributed by atoms with Crippen LogP contribution in [-0.4, -0.2) is 22.7 Å². The van der Waals surface area contributed by atoms with Crippen LogP contribution >= 0.6 is 27.3 Å². The summed E-state index contributed by atoms with van der Waals surface area (Å²) in [6, 6.07) is 1.79. The Morgan fingerprint density at radius 1 is 1.62 bits per heavy atom. The summed E-state index contributed by atoms with van der Waals surface area (Å²) >= 11 is 4.71. The molecule has 0 aliphatic carbocycles. The van der Waals surface area contributed by atoms with Crippen LogP contribution in [0.3, 0.4) is 0 Å². The lowest BCUT2D eigenvalue weighted by Gasteiger charge is -2.02. The van der Waals surface area contributed by atoms with Crippen molar-refractivity contribution in [2.45, 2.75) is 0 Å². The van der Waals surface area contributed by atoms with Crippen molar-refractivity contribution in [2.75, 3.05) is 7.11 Å². The highest BCUT2D eigenvalue weighted by Gasteiger charge is 2.20. The largest absolute Gasteiger partial charge is 0.493 e. The molecule has 2 heterocycles. The van der Waals surface area contributed by atoms with Gasteiger partial charge in [0.15, 0.2) is 11.4 Å². The normalized spacial score (nSPS) is 10.4. The van der Waals surface area contributed by atoms with Gasteiger partial charge in [-0.2, -0.15) is 5.10 Å². The maximum absolute atomic E-state index is 12.2. The van der Waals surface area contributed by atoms with Gasteiger partial charge in [-0.15, -0.1) is 11.3 Å². The van der Waals surface area contributed by atoms with Crippen LogP contribution in [0.4, 0.5) is 0 Å². The second-order valence-electron chi connectivity index (χ2n) is 3.14. The van der Waals surface area contributed by atoms with Gasteiger partial charge in [0.1, 0.15) is 0 Å². The molecule has 2 aromatic rings. The molecule has 2 aromatic heterocycles. The monoisotopic (exact) mass is 300 g/mol. The Morgan fingerprint density at radius 2 is 2.38 bits per heavy atom. The molecular weight excluding hydrogens is 292 g/mol. The zero-order valence-electron chi connectivity index (χ0n) is 8.73. The van der Waals surface area contributed by atoms with Crippen molar-refractivity contribution in [3.63, 3.8) is 0 Å². The minimum Gasteiger partial charge on any atom is -0.493 e. The Morgan fingerprint density at radius 3 is 2.94 bits per heavy atom. The van der Waals surface area contributed by atoms with E-state index >= 15 is 0 Å². The molecule has 0 saturated heterocycles. The number of methoxy groups -OCH3 is 1. The zero-order chi connectivity index (χ0) is 11.7. The van der Waals surface area contributed by atoms with Crippen LogP contribution in [0.1, 0.15) is 15.4 Å². The summed E-state index contributed by atoms with van der Waals surface area (Å²) < 4.78 is 7.53. The topological polar surface area (TPSA) is 44.1 Å². The lowest BCUT2D eigenvalue weighted by atomic mass is 10.2. The van der Waals surface area contributed by atoms with Gasteiger partial charge in [0.2, 0.25) is 5.78 Å². The second kappa shape index (κ2) is 4.39. The van der Waals surface area contributed by atoms with Crippen molar-refractivity contribution in [3.05, 3.63) is 32.7 Å². The summed E-state index contributed by atoms with van der Waals surface area (Å²) in [7, 11) is 3.25. The van der Waals surface area contributed by atoms with E-state index in [0.717, 1.165) is 4.47 Å². The highest BCUT2D eigenvalue weighted by molar-refractivity contribution is 9.10. The molecule has 16 heavy (non-hydrogen) atoms. The SMILES string of the molecule is COc1cnn(C)c1C(=O)c1cc(Br)cs1. The highest BCUT2D eigenvalue weighted by Crippen LogP contribution is 2.26. The predicted molar refractivity (Wildman–Crippen MR) is 65.2 cm³/mol. The maximum atomic E-state index is 12.2. The number of ether oxygens (including phenoxy) is 1. The van der Waals surface area contributed by atoms with E-state index in [4.69, 9.17) is 4.74 Å². The van der Waals surface area contributed by atoms with Crippen molar-refractivity contribution >= 4 is 33.0 Å². The van der Waals surface area contributed by atoms with Gasteiger partial charge >= 0.3 is 0 Å². The van der Waals surface area contributed by atoms with E-state index in [9.17, 15) is 4.79 Å². The van der Waals surface area contributed by atoms with Crippen LogP contribution in [0.2, 0.25) is 0 Å². The van der Waals surface area contributed by atoms with Gasteiger partial charge in [-0.25, -0.2) is 0 Å². The summed E-state index contributed by atoms with van der Waals surface area (Å²) in [5.74, 6) is 0.421. The van der Waals surface area contributed by atoms with E-state index < -0.39 is 0 Å². The number of thiophene rings is 1. The van der Waals surface area contributed by atoms with Gasteiger partial charge in [0.25, 0.3) is 0 Å². The Bertz CT molecular complexity index is 533. The molecule has 4 nitrogen and oxygen atoms in total. The minimum atomic E-state index is -0.0763. The van der Waals surface area contributed by atoms with Crippen LogP contribution in [0.5, 0.6) is 5.75 Å². The zero-order valence-corrected chi connectivity index (χ0v) is 11.1. The van der Waals surface area contributed by atoms with E-state index in [-0.39, 0.29) is 5.78 Å². The first-order chi connectivity index (χ1) is 7.63. The fraction of sp³-hybridized carbons (Fsp3) is 0.200. The average molecular weight is 301 g/mol. The molecule has 0 atom stereocenters. The number of aryl methyl sites for hydroxylation is 1. The highest BCUT2D eigenvalue weighted by atomic mass is 79.9. The molecule has 0 aromatic carbocycles. The quantitative estimate of drug-likeness (QED) is 0.818. The number of carbonyl (C=O) groups excluding carboxylic acids is 1. The number of carbonyl (C=O) groups is 1. The summed E-state index contributed by atoms with van der Waals surface area (Å²) in [6.07, 6.45) is 1.54. The molecule has 0 radical (unpaired) electrons. The smallest absolute Gasteiger partial charge is 0.224 e. The number of rotatable bonds is 3. The summed E-state index contributed by atoms with van der Waals surface area (Å²) in [5.41, 5.74) is 0.469. The van der Waals surface area contributed by atoms with Crippen LogP contribution in [0.15, 0.2) is 22.1 Å². The van der Waals surface area contributed by atoms with E-state index in [2.05, 4.69) is 21.0 Å². The summed E-state index contributed by atoms with van der Waals surface area (Å²) in [6.45, 7) is 0. The Balaban J connectivity index is 2.44.